The van der Waals surface area contributed by atoms with Gasteiger partial charge in [0.2, 0.25) is 0 Å². The zero-order chi connectivity index (χ0) is 6.97. The van der Waals surface area contributed by atoms with Crippen molar-refractivity contribution in [2.45, 2.75) is 44.3 Å². The fourth-order valence-corrected chi connectivity index (χ4v) is 1.61. The number of ether oxygens (including phenoxy) is 1. The van der Waals surface area contributed by atoms with Crippen LogP contribution in [0.1, 0.15) is 32.1 Å². The number of Topliss-reactive ketones (excluding diaryl/α,β-unsaturated/α-hetero) is 1. The Balaban J connectivity index is 1.94. The highest BCUT2D eigenvalue weighted by molar-refractivity contribution is 5.85. The molecular weight excluding hydrogens is 128 g/mol. The summed E-state index contributed by atoms with van der Waals surface area (Å²) in [6.45, 7) is 0. The van der Waals surface area contributed by atoms with Crippen molar-refractivity contribution in [3.8, 4) is 0 Å². The highest BCUT2D eigenvalue weighted by Crippen LogP contribution is 2.31. The average molecular weight is 140 g/mol. The lowest BCUT2D eigenvalue weighted by Crippen LogP contribution is -2.11. The van der Waals surface area contributed by atoms with E-state index in [2.05, 4.69) is 0 Å². The molecule has 2 rings (SSSR count). The summed E-state index contributed by atoms with van der Waals surface area (Å²) in [7, 11) is 0. The summed E-state index contributed by atoms with van der Waals surface area (Å²) < 4.78 is 5.20. The lowest BCUT2D eigenvalue weighted by Gasteiger charge is -2.01. The first kappa shape index (κ1) is 6.35. The topological polar surface area (TPSA) is 29.6 Å². The normalized spacial score (nSPS) is 39.8. The van der Waals surface area contributed by atoms with Gasteiger partial charge in [0.1, 0.15) is 6.10 Å². The Morgan fingerprint density at radius 1 is 1.30 bits per heavy atom. The first-order valence-corrected chi connectivity index (χ1v) is 4.06. The molecule has 2 aliphatic rings. The maximum atomic E-state index is 11.1. The molecule has 0 bridgehead atoms. The SMILES string of the molecule is O=C1CCCCC[C@@H]2O[C@H]12. The van der Waals surface area contributed by atoms with Crippen LogP contribution in [-0.4, -0.2) is 18.0 Å². The molecule has 2 nitrogen and oxygen atoms in total. The van der Waals surface area contributed by atoms with Crippen molar-refractivity contribution in [3.63, 3.8) is 0 Å². The molecule has 0 unspecified atom stereocenters. The number of fused-ring (bicyclic) bond motifs is 1. The van der Waals surface area contributed by atoms with E-state index in [1.165, 1.54) is 12.8 Å². The molecule has 1 aliphatic heterocycles. The van der Waals surface area contributed by atoms with E-state index in [0.29, 0.717) is 11.9 Å². The average Bonchev–Trinajstić information content (AvgIpc) is 2.62. The smallest absolute Gasteiger partial charge is 0.164 e. The summed E-state index contributed by atoms with van der Waals surface area (Å²) in [5, 5.41) is 0. The number of carbonyl (C=O) groups excluding carboxylic acids is 1. The Morgan fingerprint density at radius 2 is 2.20 bits per heavy atom. The second-order valence-electron chi connectivity index (χ2n) is 3.16. The van der Waals surface area contributed by atoms with Crippen molar-refractivity contribution in [1.82, 2.24) is 0 Å². The van der Waals surface area contributed by atoms with Gasteiger partial charge in [0.05, 0.1) is 6.10 Å². The molecule has 1 saturated heterocycles. The number of carbonyl (C=O) groups is 1. The first-order chi connectivity index (χ1) is 4.88. The molecule has 0 aromatic carbocycles. The lowest BCUT2D eigenvalue weighted by atomic mass is 10.0. The van der Waals surface area contributed by atoms with Gasteiger partial charge < -0.3 is 4.74 Å². The molecule has 2 fully saturated rings. The minimum absolute atomic E-state index is 0.0142. The quantitative estimate of drug-likeness (QED) is 0.474. The molecule has 1 aliphatic carbocycles. The molecule has 0 radical (unpaired) electrons. The summed E-state index contributed by atoms with van der Waals surface area (Å²) >= 11 is 0. The van der Waals surface area contributed by atoms with E-state index in [0.717, 1.165) is 19.3 Å². The van der Waals surface area contributed by atoms with E-state index >= 15 is 0 Å². The van der Waals surface area contributed by atoms with Gasteiger partial charge in [-0.1, -0.05) is 12.8 Å². The van der Waals surface area contributed by atoms with Gasteiger partial charge in [-0.25, -0.2) is 0 Å². The Bertz CT molecular complexity index is 153. The molecule has 0 N–H and O–H groups in total. The summed E-state index contributed by atoms with van der Waals surface area (Å²) in [4.78, 5) is 11.1. The zero-order valence-electron chi connectivity index (χ0n) is 6.01. The maximum absolute atomic E-state index is 11.1. The molecular formula is C8H12O2. The highest BCUT2D eigenvalue weighted by atomic mass is 16.6. The molecule has 0 aromatic heterocycles. The summed E-state index contributed by atoms with van der Waals surface area (Å²) in [5.74, 6) is 0.338. The molecule has 2 atom stereocenters. The molecule has 56 valence electrons. The minimum Gasteiger partial charge on any atom is -0.361 e. The lowest BCUT2D eigenvalue weighted by molar-refractivity contribution is -0.120. The second kappa shape index (κ2) is 2.35. The Kier molecular flexibility index (Phi) is 1.49. The Morgan fingerprint density at radius 3 is 3.10 bits per heavy atom. The van der Waals surface area contributed by atoms with Crippen LogP contribution < -0.4 is 0 Å². The van der Waals surface area contributed by atoms with Crippen LogP contribution in [0.2, 0.25) is 0 Å². The monoisotopic (exact) mass is 140 g/mol. The van der Waals surface area contributed by atoms with Crippen LogP contribution in [0.5, 0.6) is 0 Å². The minimum atomic E-state index is 0.0142. The third kappa shape index (κ3) is 1.08. The van der Waals surface area contributed by atoms with E-state index < -0.39 is 0 Å². The van der Waals surface area contributed by atoms with Crippen LogP contribution >= 0.6 is 0 Å². The van der Waals surface area contributed by atoms with E-state index in [4.69, 9.17) is 4.74 Å². The second-order valence-corrected chi connectivity index (χ2v) is 3.16. The van der Waals surface area contributed by atoms with Crippen molar-refractivity contribution in [1.29, 1.82) is 0 Å². The van der Waals surface area contributed by atoms with Gasteiger partial charge in [-0.05, 0) is 12.8 Å². The van der Waals surface area contributed by atoms with E-state index in [9.17, 15) is 4.79 Å². The standard InChI is InChI=1S/C8H12O2/c9-6-4-2-1-3-5-7-8(6)10-7/h7-8H,1-5H2/t7-,8+/m0/s1. The van der Waals surface area contributed by atoms with E-state index in [-0.39, 0.29) is 6.10 Å². The fraction of sp³-hybridized carbons (Fsp3) is 0.875. The maximum Gasteiger partial charge on any atom is 0.164 e. The summed E-state index contributed by atoms with van der Waals surface area (Å²) in [6.07, 6.45) is 5.71. The number of ketones is 1. The number of hydrogen-bond donors (Lipinski definition) is 0. The molecule has 1 heterocycles. The Hall–Kier alpha value is -0.370. The van der Waals surface area contributed by atoms with Crippen LogP contribution in [-0.2, 0) is 9.53 Å². The van der Waals surface area contributed by atoms with E-state index in [1.54, 1.807) is 0 Å². The fourth-order valence-electron chi connectivity index (χ4n) is 1.61. The number of hydrogen-bond acceptors (Lipinski definition) is 2. The number of rotatable bonds is 0. The third-order valence-corrected chi connectivity index (χ3v) is 2.31. The van der Waals surface area contributed by atoms with Crippen LogP contribution in [0.25, 0.3) is 0 Å². The van der Waals surface area contributed by atoms with Crippen LogP contribution in [0.4, 0.5) is 0 Å². The molecule has 1 saturated carbocycles. The highest BCUT2D eigenvalue weighted by Gasteiger charge is 2.43. The van der Waals surface area contributed by atoms with Crippen molar-refractivity contribution >= 4 is 5.78 Å². The van der Waals surface area contributed by atoms with Crippen molar-refractivity contribution in [2.75, 3.05) is 0 Å². The Labute approximate surface area is 60.6 Å². The summed E-state index contributed by atoms with van der Waals surface area (Å²) in [6, 6.07) is 0. The van der Waals surface area contributed by atoms with Crippen molar-refractivity contribution in [3.05, 3.63) is 0 Å². The first-order valence-electron chi connectivity index (χ1n) is 4.06. The van der Waals surface area contributed by atoms with Crippen LogP contribution in [0.15, 0.2) is 0 Å². The van der Waals surface area contributed by atoms with Crippen LogP contribution in [0.3, 0.4) is 0 Å². The predicted molar refractivity (Wildman–Crippen MR) is 36.8 cm³/mol. The predicted octanol–water partition coefficient (Wildman–Crippen LogP) is 1.29. The molecule has 10 heavy (non-hydrogen) atoms. The van der Waals surface area contributed by atoms with Crippen molar-refractivity contribution in [2.24, 2.45) is 0 Å². The van der Waals surface area contributed by atoms with Gasteiger partial charge in [-0.3, -0.25) is 4.79 Å². The van der Waals surface area contributed by atoms with Gasteiger partial charge in [0.25, 0.3) is 0 Å². The van der Waals surface area contributed by atoms with Gasteiger partial charge >= 0.3 is 0 Å². The zero-order valence-corrected chi connectivity index (χ0v) is 6.01. The van der Waals surface area contributed by atoms with Gasteiger partial charge in [-0.15, -0.1) is 0 Å². The van der Waals surface area contributed by atoms with Gasteiger partial charge in [0.15, 0.2) is 5.78 Å². The van der Waals surface area contributed by atoms with Crippen molar-refractivity contribution < 1.29 is 9.53 Å². The van der Waals surface area contributed by atoms with E-state index in [1.807, 2.05) is 0 Å². The number of epoxide rings is 1. The van der Waals surface area contributed by atoms with Gasteiger partial charge in [-0.2, -0.15) is 0 Å². The molecule has 0 amide bonds. The van der Waals surface area contributed by atoms with Gasteiger partial charge in [0, 0.05) is 6.42 Å². The molecule has 0 spiro atoms. The largest absolute Gasteiger partial charge is 0.361 e. The third-order valence-electron chi connectivity index (χ3n) is 2.31. The molecule has 0 aromatic rings. The van der Waals surface area contributed by atoms with Crippen LogP contribution in [0, 0.1) is 0 Å². The summed E-state index contributed by atoms with van der Waals surface area (Å²) in [5.41, 5.74) is 0. The molecule has 2 heteroatoms.